The molecule has 2 N–H and O–H groups in total. The second-order valence-electron chi connectivity index (χ2n) is 4.76. The standard InChI is InChI=1S/C12H14N4O3/c17-9-2-1-8(11(18)15-9)16-4-3-7-5-13-6-14-10(7)12(16)19/h5-6,8,11,18H,1-4H2,(H,15,17). The van der Waals surface area contributed by atoms with Gasteiger partial charge in [-0.2, -0.15) is 0 Å². The average molecular weight is 262 g/mol. The number of aromatic nitrogens is 2. The fourth-order valence-corrected chi connectivity index (χ4v) is 2.63. The normalized spacial score (nSPS) is 26.9. The van der Waals surface area contributed by atoms with Crippen molar-refractivity contribution in [3.63, 3.8) is 0 Å². The molecule has 1 fully saturated rings. The van der Waals surface area contributed by atoms with Crippen molar-refractivity contribution in [2.45, 2.75) is 31.5 Å². The van der Waals surface area contributed by atoms with Crippen LogP contribution in [0.5, 0.6) is 0 Å². The maximum Gasteiger partial charge on any atom is 0.273 e. The van der Waals surface area contributed by atoms with E-state index in [1.165, 1.54) is 6.33 Å². The minimum absolute atomic E-state index is 0.184. The van der Waals surface area contributed by atoms with Crippen LogP contribution in [-0.2, 0) is 11.2 Å². The van der Waals surface area contributed by atoms with Crippen molar-refractivity contribution < 1.29 is 14.7 Å². The number of nitrogens with zero attached hydrogens (tertiary/aromatic N) is 3. The molecule has 3 rings (SSSR count). The number of amides is 2. The first kappa shape index (κ1) is 12.0. The van der Waals surface area contributed by atoms with E-state index in [1.807, 2.05) is 0 Å². The Morgan fingerprint density at radius 3 is 3.00 bits per heavy atom. The third kappa shape index (κ3) is 2.06. The van der Waals surface area contributed by atoms with Crippen LogP contribution in [0.25, 0.3) is 0 Å². The lowest BCUT2D eigenvalue weighted by Crippen LogP contribution is -2.58. The summed E-state index contributed by atoms with van der Waals surface area (Å²) in [5.41, 5.74) is 1.23. The van der Waals surface area contributed by atoms with Gasteiger partial charge in [0.25, 0.3) is 5.91 Å². The number of nitrogens with one attached hydrogen (secondary N) is 1. The molecule has 1 aromatic heterocycles. The Morgan fingerprint density at radius 2 is 2.21 bits per heavy atom. The second-order valence-corrected chi connectivity index (χ2v) is 4.76. The van der Waals surface area contributed by atoms with Crippen LogP contribution in [0.3, 0.4) is 0 Å². The molecule has 3 heterocycles. The lowest BCUT2D eigenvalue weighted by Gasteiger charge is -2.39. The van der Waals surface area contributed by atoms with Crippen LogP contribution in [-0.4, -0.2) is 50.6 Å². The zero-order chi connectivity index (χ0) is 13.4. The first-order chi connectivity index (χ1) is 9.16. The highest BCUT2D eigenvalue weighted by atomic mass is 16.3. The van der Waals surface area contributed by atoms with Crippen LogP contribution < -0.4 is 5.32 Å². The minimum atomic E-state index is -1.01. The lowest BCUT2D eigenvalue weighted by molar-refractivity contribution is -0.129. The van der Waals surface area contributed by atoms with Gasteiger partial charge in [-0.05, 0) is 12.8 Å². The van der Waals surface area contributed by atoms with Gasteiger partial charge in [0.05, 0.1) is 6.04 Å². The summed E-state index contributed by atoms with van der Waals surface area (Å²) in [5, 5.41) is 12.4. The van der Waals surface area contributed by atoms with Gasteiger partial charge in [-0.15, -0.1) is 0 Å². The molecule has 0 aliphatic carbocycles. The summed E-state index contributed by atoms with van der Waals surface area (Å²) >= 11 is 0. The Bertz CT molecular complexity index is 533. The molecule has 0 saturated carbocycles. The van der Waals surface area contributed by atoms with Gasteiger partial charge in [-0.3, -0.25) is 9.59 Å². The molecule has 0 aromatic carbocycles. The molecule has 100 valence electrons. The van der Waals surface area contributed by atoms with Gasteiger partial charge in [0, 0.05) is 24.7 Å². The van der Waals surface area contributed by atoms with Gasteiger partial charge in [0.15, 0.2) is 0 Å². The van der Waals surface area contributed by atoms with Crippen molar-refractivity contribution in [2.75, 3.05) is 6.54 Å². The lowest BCUT2D eigenvalue weighted by atomic mass is 9.98. The summed E-state index contributed by atoms with van der Waals surface area (Å²) in [4.78, 5) is 33.1. The molecule has 7 nitrogen and oxygen atoms in total. The molecule has 19 heavy (non-hydrogen) atoms. The fourth-order valence-electron chi connectivity index (χ4n) is 2.63. The van der Waals surface area contributed by atoms with E-state index in [1.54, 1.807) is 11.1 Å². The Balaban J connectivity index is 1.84. The van der Waals surface area contributed by atoms with Crippen LogP contribution in [0.2, 0.25) is 0 Å². The van der Waals surface area contributed by atoms with E-state index in [0.717, 1.165) is 5.56 Å². The second kappa shape index (κ2) is 4.58. The average Bonchev–Trinajstić information content (AvgIpc) is 2.41. The molecule has 1 aromatic rings. The van der Waals surface area contributed by atoms with Crippen molar-refractivity contribution in [2.24, 2.45) is 0 Å². The van der Waals surface area contributed by atoms with Gasteiger partial charge in [0.1, 0.15) is 18.2 Å². The summed E-state index contributed by atoms with van der Waals surface area (Å²) in [6.07, 6.45) is 3.45. The number of aliphatic hydroxyl groups excluding tert-OH is 1. The van der Waals surface area contributed by atoms with Crippen molar-refractivity contribution >= 4 is 11.8 Å². The Labute approximate surface area is 109 Å². The number of fused-ring (bicyclic) bond motifs is 1. The van der Waals surface area contributed by atoms with Gasteiger partial charge >= 0.3 is 0 Å². The maximum absolute atomic E-state index is 12.4. The molecule has 7 heteroatoms. The Hall–Kier alpha value is -2.02. The van der Waals surface area contributed by atoms with Gasteiger partial charge in [0.2, 0.25) is 5.91 Å². The molecule has 2 amide bonds. The number of carbonyl (C=O) groups is 2. The topological polar surface area (TPSA) is 95.4 Å². The number of hydrogen-bond acceptors (Lipinski definition) is 5. The predicted molar refractivity (Wildman–Crippen MR) is 63.9 cm³/mol. The predicted octanol–water partition coefficient (Wildman–Crippen LogP) is -0.928. The SMILES string of the molecule is O=C1CCC(N2CCc3cncnc3C2=O)C(O)N1. The zero-order valence-electron chi connectivity index (χ0n) is 10.2. The first-order valence-electron chi connectivity index (χ1n) is 6.24. The molecular formula is C12H14N4O3. The molecule has 2 unspecified atom stereocenters. The summed E-state index contributed by atoms with van der Waals surface area (Å²) in [7, 11) is 0. The summed E-state index contributed by atoms with van der Waals surface area (Å²) < 4.78 is 0. The zero-order valence-corrected chi connectivity index (χ0v) is 10.2. The van der Waals surface area contributed by atoms with Crippen molar-refractivity contribution in [1.29, 1.82) is 0 Å². The highest BCUT2D eigenvalue weighted by Gasteiger charge is 2.37. The smallest absolute Gasteiger partial charge is 0.273 e. The van der Waals surface area contributed by atoms with E-state index < -0.39 is 6.23 Å². The molecule has 2 aliphatic rings. The minimum Gasteiger partial charge on any atom is -0.372 e. The third-order valence-electron chi connectivity index (χ3n) is 3.61. The number of aliphatic hydroxyl groups is 1. The van der Waals surface area contributed by atoms with E-state index in [-0.39, 0.29) is 17.9 Å². The number of carbonyl (C=O) groups excluding carboxylic acids is 2. The van der Waals surface area contributed by atoms with Crippen LogP contribution in [0.1, 0.15) is 28.9 Å². The van der Waals surface area contributed by atoms with Crippen LogP contribution >= 0.6 is 0 Å². The van der Waals surface area contributed by atoms with Gasteiger partial charge in [-0.1, -0.05) is 0 Å². The summed E-state index contributed by atoms with van der Waals surface area (Å²) in [6.45, 7) is 0.511. The molecule has 2 aliphatic heterocycles. The van der Waals surface area contributed by atoms with E-state index in [9.17, 15) is 14.7 Å². The molecule has 2 atom stereocenters. The monoisotopic (exact) mass is 262 g/mol. The Morgan fingerprint density at radius 1 is 1.37 bits per heavy atom. The molecule has 0 radical (unpaired) electrons. The highest BCUT2D eigenvalue weighted by molar-refractivity contribution is 5.95. The highest BCUT2D eigenvalue weighted by Crippen LogP contribution is 2.22. The van der Waals surface area contributed by atoms with Gasteiger partial charge in [-0.25, -0.2) is 9.97 Å². The van der Waals surface area contributed by atoms with Crippen molar-refractivity contribution in [3.05, 3.63) is 23.8 Å². The fraction of sp³-hybridized carbons (Fsp3) is 0.500. The number of piperidine rings is 1. The van der Waals surface area contributed by atoms with Crippen molar-refractivity contribution in [3.8, 4) is 0 Å². The van der Waals surface area contributed by atoms with Crippen LogP contribution in [0.15, 0.2) is 12.5 Å². The van der Waals surface area contributed by atoms with E-state index in [0.29, 0.717) is 31.5 Å². The number of hydrogen-bond donors (Lipinski definition) is 2. The molecule has 1 saturated heterocycles. The number of rotatable bonds is 1. The Kier molecular flexibility index (Phi) is 2.90. The van der Waals surface area contributed by atoms with E-state index >= 15 is 0 Å². The van der Waals surface area contributed by atoms with Gasteiger partial charge < -0.3 is 15.3 Å². The van der Waals surface area contributed by atoms with Crippen LogP contribution in [0.4, 0.5) is 0 Å². The van der Waals surface area contributed by atoms with E-state index in [4.69, 9.17) is 0 Å². The maximum atomic E-state index is 12.4. The summed E-state index contributed by atoms with van der Waals surface area (Å²) in [6, 6.07) is -0.381. The third-order valence-corrected chi connectivity index (χ3v) is 3.61. The van der Waals surface area contributed by atoms with E-state index in [2.05, 4.69) is 15.3 Å². The van der Waals surface area contributed by atoms with Crippen molar-refractivity contribution in [1.82, 2.24) is 20.2 Å². The van der Waals surface area contributed by atoms with Crippen LogP contribution in [0, 0.1) is 0 Å². The first-order valence-corrected chi connectivity index (χ1v) is 6.24. The molecular weight excluding hydrogens is 248 g/mol. The summed E-state index contributed by atoms with van der Waals surface area (Å²) in [5.74, 6) is -0.389. The largest absolute Gasteiger partial charge is 0.372 e. The molecule has 0 spiro atoms. The quantitative estimate of drug-likeness (QED) is 0.682. The molecule has 0 bridgehead atoms.